The Morgan fingerprint density at radius 1 is 1.42 bits per heavy atom. The highest BCUT2D eigenvalue weighted by Gasteiger charge is 2.20. The van der Waals surface area contributed by atoms with Gasteiger partial charge in [-0.05, 0) is 0 Å². The molecule has 0 saturated heterocycles. The molecule has 1 aromatic rings. The Balaban J connectivity index is 2.47. The summed E-state index contributed by atoms with van der Waals surface area (Å²) in [6, 6.07) is -1.09. The Morgan fingerprint density at radius 3 is 2.68 bits per heavy atom. The van der Waals surface area contributed by atoms with Crippen molar-refractivity contribution in [2.75, 3.05) is 13.1 Å². The maximum Gasteiger partial charge on any atom is 0.326 e. The van der Waals surface area contributed by atoms with Crippen LogP contribution >= 0.6 is 0 Å². The third-order valence-electron chi connectivity index (χ3n) is 2.24. The summed E-state index contributed by atoms with van der Waals surface area (Å²) in [5, 5.41) is 13.5. The lowest BCUT2D eigenvalue weighted by molar-refractivity contribution is -0.141. The van der Waals surface area contributed by atoms with Crippen molar-refractivity contribution in [3.8, 4) is 0 Å². The molecule has 0 radical (unpaired) electrons. The largest absolute Gasteiger partial charge is 0.480 e. The number of rotatable bonds is 7. The minimum atomic E-state index is -1.17. The van der Waals surface area contributed by atoms with Gasteiger partial charge in [-0.2, -0.15) is 0 Å². The molecule has 1 aromatic heterocycles. The first-order chi connectivity index (χ1) is 9.02. The predicted octanol–water partition coefficient (Wildman–Crippen LogP) is -2.40. The molecule has 0 aliphatic carbocycles. The van der Waals surface area contributed by atoms with Crippen molar-refractivity contribution >= 4 is 17.8 Å². The number of carboxylic acids is 1. The van der Waals surface area contributed by atoms with Crippen LogP contribution in [0.15, 0.2) is 12.5 Å². The minimum Gasteiger partial charge on any atom is -0.480 e. The van der Waals surface area contributed by atoms with Crippen molar-refractivity contribution in [2.24, 2.45) is 5.73 Å². The zero-order valence-corrected chi connectivity index (χ0v) is 10.0. The van der Waals surface area contributed by atoms with E-state index in [9.17, 15) is 14.4 Å². The molecule has 9 nitrogen and oxygen atoms in total. The van der Waals surface area contributed by atoms with Gasteiger partial charge >= 0.3 is 5.97 Å². The maximum absolute atomic E-state index is 11.5. The summed E-state index contributed by atoms with van der Waals surface area (Å²) in [7, 11) is 0. The van der Waals surface area contributed by atoms with E-state index in [2.05, 4.69) is 20.6 Å². The number of carbonyl (C=O) groups excluding carboxylic acids is 2. The average molecular weight is 269 g/mol. The fourth-order valence-corrected chi connectivity index (χ4v) is 1.31. The first-order valence-electron chi connectivity index (χ1n) is 5.49. The summed E-state index contributed by atoms with van der Waals surface area (Å²) in [4.78, 5) is 39.8. The Hall–Kier alpha value is -2.42. The van der Waals surface area contributed by atoms with Crippen LogP contribution in [0, 0.1) is 0 Å². The SMILES string of the molecule is NCC(=O)NCC(=O)NC(Cc1cnc[nH]1)C(=O)O. The van der Waals surface area contributed by atoms with Crippen LogP contribution in [0.2, 0.25) is 0 Å². The van der Waals surface area contributed by atoms with Gasteiger partial charge in [0.1, 0.15) is 6.04 Å². The third kappa shape index (κ3) is 5.17. The van der Waals surface area contributed by atoms with Crippen LogP contribution in [-0.2, 0) is 20.8 Å². The number of amides is 2. The van der Waals surface area contributed by atoms with Crippen LogP contribution in [-0.4, -0.2) is 52.0 Å². The lowest BCUT2D eigenvalue weighted by Gasteiger charge is -2.13. The zero-order valence-electron chi connectivity index (χ0n) is 10.0. The second-order valence-electron chi connectivity index (χ2n) is 3.72. The molecule has 9 heteroatoms. The number of aliphatic carboxylic acids is 1. The third-order valence-corrected chi connectivity index (χ3v) is 2.24. The van der Waals surface area contributed by atoms with Gasteiger partial charge in [0.15, 0.2) is 0 Å². The molecular weight excluding hydrogens is 254 g/mol. The summed E-state index contributed by atoms with van der Waals surface area (Å²) >= 11 is 0. The molecule has 1 unspecified atom stereocenters. The van der Waals surface area contributed by atoms with Crippen LogP contribution in [0.1, 0.15) is 5.69 Å². The molecule has 0 fully saturated rings. The highest BCUT2D eigenvalue weighted by molar-refractivity contribution is 5.88. The molecule has 0 aromatic carbocycles. The molecule has 6 N–H and O–H groups in total. The summed E-state index contributed by atoms with van der Waals surface area (Å²) in [6.07, 6.45) is 2.96. The number of carbonyl (C=O) groups is 3. The van der Waals surface area contributed by atoms with Crippen molar-refractivity contribution in [1.29, 1.82) is 0 Å². The topological polar surface area (TPSA) is 150 Å². The molecule has 0 saturated carbocycles. The van der Waals surface area contributed by atoms with E-state index in [0.29, 0.717) is 5.69 Å². The molecule has 2 amide bonds. The molecule has 104 valence electrons. The molecule has 0 aliphatic heterocycles. The van der Waals surface area contributed by atoms with Crippen molar-refractivity contribution in [3.63, 3.8) is 0 Å². The number of imidazole rings is 1. The van der Waals surface area contributed by atoms with Crippen molar-refractivity contribution < 1.29 is 19.5 Å². The highest BCUT2D eigenvalue weighted by Crippen LogP contribution is 1.98. The Morgan fingerprint density at radius 2 is 2.16 bits per heavy atom. The quantitative estimate of drug-likeness (QED) is 0.372. The number of aromatic amines is 1. The van der Waals surface area contributed by atoms with E-state index in [0.717, 1.165) is 0 Å². The zero-order chi connectivity index (χ0) is 14.3. The lowest BCUT2D eigenvalue weighted by Crippen LogP contribution is -2.47. The molecule has 0 spiro atoms. The fourth-order valence-electron chi connectivity index (χ4n) is 1.31. The molecule has 1 rings (SSSR count). The van der Waals surface area contributed by atoms with Crippen LogP contribution in [0.3, 0.4) is 0 Å². The van der Waals surface area contributed by atoms with Gasteiger partial charge < -0.3 is 26.5 Å². The Bertz CT molecular complexity index is 445. The van der Waals surface area contributed by atoms with E-state index in [1.165, 1.54) is 12.5 Å². The monoisotopic (exact) mass is 269 g/mol. The predicted molar refractivity (Wildman–Crippen MR) is 63.9 cm³/mol. The van der Waals surface area contributed by atoms with Crippen LogP contribution in [0.5, 0.6) is 0 Å². The first kappa shape index (κ1) is 14.6. The highest BCUT2D eigenvalue weighted by atomic mass is 16.4. The van der Waals surface area contributed by atoms with E-state index < -0.39 is 23.8 Å². The van der Waals surface area contributed by atoms with Crippen LogP contribution in [0.4, 0.5) is 0 Å². The second-order valence-corrected chi connectivity index (χ2v) is 3.72. The number of hydrogen-bond acceptors (Lipinski definition) is 5. The van der Waals surface area contributed by atoms with E-state index in [-0.39, 0.29) is 19.5 Å². The summed E-state index contributed by atoms with van der Waals surface area (Å²) in [5.74, 6) is -2.27. The normalized spacial score (nSPS) is 11.6. The van der Waals surface area contributed by atoms with Gasteiger partial charge in [-0.3, -0.25) is 9.59 Å². The molecule has 0 bridgehead atoms. The average Bonchev–Trinajstić information content (AvgIpc) is 2.87. The molecule has 1 atom stereocenters. The lowest BCUT2D eigenvalue weighted by atomic mass is 10.1. The molecule has 1 heterocycles. The molecule has 0 aliphatic rings. The van der Waals surface area contributed by atoms with Crippen molar-refractivity contribution in [1.82, 2.24) is 20.6 Å². The Kier molecular flexibility index (Phi) is 5.48. The standard InChI is InChI=1S/C10H15N5O4/c11-2-8(16)13-4-9(17)15-7(10(18)19)1-6-3-12-5-14-6/h3,5,7H,1-2,4,11H2,(H,12,14)(H,13,16)(H,15,17)(H,18,19). The van der Waals surface area contributed by atoms with E-state index in [1.807, 2.05) is 0 Å². The van der Waals surface area contributed by atoms with Crippen molar-refractivity contribution in [2.45, 2.75) is 12.5 Å². The number of nitrogens with two attached hydrogens (primary N) is 1. The van der Waals surface area contributed by atoms with E-state index in [1.54, 1.807) is 0 Å². The van der Waals surface area contributed by atoms with Gasteiger partial charge in [0.25, 0.3) is 0 Å². The van der Waals surface area contributed by atoms with Crippen LogP contribution in [0.25, 0.3) is 0 Å². The van der Waals surface area contributed by atoms with E-state index >= 15 is 0 Å². The van der Waals surface area contributed by atoms with Gasteiger partial charge in [-0.25, -0.2) is 9.78 Å². The van der Waals surface area contributed by atoms with E-state index in [4.69, 9.17) is 10.8 Å². The number of nitrogens with one attached hydrogen (secondary N) is 3. The first-order valence-corrected chi connectivity index (χ1v) is 5.49. The summed E-state index contributed by atoms with van der Waals surface area (Å²) in [5.41, 5.74) is 5.63. The number of carboxylic acid groups (broad SMARTS) is 1. The number of hydrogen-bond donors (Lipinski definition) is 5. The van der Waals surface area contributed by atoms with Gasteiger partial charge in [0.05, 0.1) is 19.4 Å². The summed E-state index contributed by atoms with van der Waals surface area (Å²) in [6.45, 7) is -0.549. The smallest absolute Gasteiger partial charge is 0.326 e. The minimum absolute atomic E-state index is 0.0753. The number of H-pyrrole nitrogens is 1. The Labute approximate surface area is 108 Å². The van der Waals surface area contributed by atoms with Crippen LogP contribution < -0.4 is 16.4 Å². The number of aromatic nitrogens is 2. The summed E-state index contributed by atoms with van der Waals surface area (Å²) < 4.78 is 0. The van der Waals surface area contributed by atoms with Gasteiger partial charge in [-0.1, -0.05) is 0 Å². The van der Waals surface area contributed by atoms with Gasteiger partial charge in [-0.15, -0.1) is 0 Å². The molecular formula is C10H15N5O4. The van der Waals surface area contributed by atoms with Gasteiger partial charge in [0, 0.05) is 18.3 Å². The fraction of sp³-hybridized carbons (Fsp3) is 0.400. The molecule has 19 heavy (non-hydrogen) atoms. The number of nitrogens with zero attached hydrogens (tertiary/aromatic N) is 1. The van der Waals surface area contributed by atoms with Gasteiger partial charge in [0.2, 0.25) is 11.8 Å². The maximum atomic E-state index is 11.5. The second kappa shape index (κ2) is 7.11. The van der Waals surface area contributed by atoms with Crippen molar-refractivity contribution in [3.05, 3.63) is 18.2 Å².